The minimum atomic E-state index is -1.83. The van der Waals surface area contributed by atoms with Crippen molar-refractivity contribution in [3.05, 3.63) is 51.2 Å². The molecule has 0 fully saturated rings. The second kappa shape index (κ2) is 6.58. The van der Waals surface area contributed by atoms with E-state index < -0.39 is 27.9 Å². The van der Waals surface area contributed by atoms with Crippen LogP contribution in [0.2, 0.25) is 0 Å². The number of rotatable bonds is 3. The van der Waals surface area contributed by atoms with Gasteiger partial charge >= 0.3 is 5.69 Å². The zero-order valence-electron chi connectivity index (χ0n) is 13.6. The van der Waals surface area contributed by atoms with E-state index in [4.69, 9.17) is 0 Å². The van der Waals surface area contributed by atoms with Gasteiger partial charge in [-0.05, 0) is 12.0 Å². The van der Waals surface area contributed by atoms with Crippen LogP contribution in [-0.4, -0.2) is 24.2 Å². The molecule has 3 atom stereocenters. The molecule has 24 heavy (non-hydrogen) atoms. The number of aromatic nitrogens is 2. The molecule has 2 heterocycles. The van der Waals surface area contributed by atoms with E-state index in [1.807, 2.05) is 13.0 Å². The maximum absolute atomic E-state index is 12.9. The zero-order valence-corrected chi connectivity index (χ0v) is 14.5. The Labute approximate surface area is 142 Å². The topological polar surface area (TPSA) is 87.3 Å². The van der Waals surface area contributed by atoms with Crippen molar-refractivity contribution in [2.45, 2.75) is 43.8 Å². The second-order valence-corrected chi connectivity index (χ2v) is 7.53. The van der Waals surface area contributed by atoms with Gasteiger partial charge in [-0.3, -0.25) is 13.9 Å². The molecule has 0 aliphatic carbocycles. The van der Waals surface area contributed by atoms with Crippen molar-refractivity contribution in [1.29, 1.82) is 0 Å². The first-order chi connectivity index (χ1) is 11.5. The van der Waals surface area contributed by atoms with Gasteiger partial charge in [0.2, 0.25) is 10.5 Å². The van der Waals surface area contributed by atoms with Gasteiger partial charge in [0.1, 0.15) is 5.56 Å². The quantitative estimate of drug-likeness (QED) is 0.666. The Hall–Kier alpha value is -1.83. The van der Waals surface area contributed by atoms with Gasteiger partial charge in [0.15, 0.2) is 0 Å². The van der Waals surface area contributed by atoms with E-state index >= 15 is 0 Å². The molecular formula is C17H20N2O4S. The van der Waals surface area contributed by atoms with Crippen LogP contribution in [0, 0.1) is 5.92 Å². The van der Waals surface area contributed by atoms with Crippen LogP contribution in [0.5, 0.6) is 0 Å². The van der Waals surface area contributed by atoms with Crippen LogP contribution >= 0.6 is 0 Å². The Kier molecular flexibility index (Phi) is 4.67. The lowest BCUT2D eigenvalue weighted by Gasteiger charge is -2.31. The fourth-order valence-electron chi connectivity index (χ4n) is 3.03. The predicted octanol–water partition coefficient (Wildman–Crippen LogP) is 1.16. The summed E-state index contributed by atoms with van der Waals surface area (Å²) >= 11 is -1.83. The predicted molar refractivity (Wildman–Crippen MR) is 92.3 cm³/mol. The highest BCUT2D eigenvalue weighted by Crippen LogP contribution is 2.32. The molecule has 6 nitrogen and oxygen atoms in total. The highest BCUT2D eigenvalue weighted by atomic mass is 32.2. The van der Waals surface area contributed by atoms with E-state index in [2.05, 4.69) is 0 Å². The molecule has 3 unspecified atom stereocenters. The molecule has 1 aromatic heterocycles. The largest absolute Gasteiger partial charge is 0.608 e. The number of aliphatic hydroxyl groups is 1. The molecule has 128 valence electrons. The fourth-order valence-corrected chi connectivity index (χ4v) is 4.54. The average Bonchev–Trinajstić information content (AvgIpc) is 2.59. The lowest BCUT2D eigenvalue weighted by molar-refractivity contribution is 0.161. The monoisotopic (exact) mass is 348 g/mol. The van der Waals surface area contributed by atoms with E-state index in [-0.39, 0.29) is 23.1 Å². The zero-order chi connectivity index (χ0) is 17.4. The average molecular weight is 348 g/mol. The third-order valence-corrected chi connectivity index (χ3v) is 5.97. The molecule has 7 heteroatoms. The normalized spacial score (nSPS) is 23.1. The Morgan fingerprint density at radius 3 is 2.58 bits per heavy atom. The molecule has 1 N–H and O–H groups in total. The van der Waals surface area contributed by atoms with Crippen LogP contribution in [0.1, 0.15) is 20.3 Å². The number of fused-ring (bicyclic) bond motifs is 1. The summed E-state index contributed by atoms with van der Waals surface area (Å²) in [4.78, 5) is 25.6. The Balaban J connectivity index is 2.40. The van der Waals surface area contributed by atoms with Crippen molar-refractivity contribution in [3.8, 4) is 11.1 Å². The third kappa shape index (κ3) is 2.62. The molecule has 1 aliphatic rings. The summed E-state index contributed by atoms with van der Waals surface area (Å²) in [5.41, 5.74) is -1.15. The van der Waals surface area contributed by atoms with Crippen molar-refractivity contribution in [3.63, 3.8) is 0 Å². The van der Waals surface area contributed by atoms with Gasteiger partial charge in [0.25, 0.3) is 5.56 Å². The summed E-state index contributed by atoms with van der Waals surface area (Å²) in [6.45, 7) is 4.18. The van der Waals surface area contributed by atoms with Crippen LogP contribution in [0.3, 0.4) is 0 Å². The minimum Gasteiger partial charge on any atom is -0.608 e. The number of hydrogen-bond acceptors (Lipinski definition) is 4. The number of nitrogens with zero attached hydrogens (tertiary/aromatic N) is 2. The molecule has 3 rings (SSSR count). The van der Waals surface area contributed by atoms with E-state index in [0.717, 1.165) is 0 Å². The first-order valence-corrected chi connectivity index (χ1v) is 9.20. The molecule has 0 amide bonds. The molecular weight excluding hydrogens is 328 g/mol. The Bertz CT molecular complexity index is 859. The molecule has 0 radical (unpaired) electrons. The molecule has 1 aliphatic heterocycles. The van der Waals surface area contributed by atoms with Crippen molar-refractivity contribution < 1.29 is 9.66 Å². The number of aliphatic hydroxyl groups excluding tert-OH is 1. The maximum atomic E-state index is 12.9. The number of benzene rings is 1. The molecule has 0 bridgehead atoms. The van der Waals surface area contributed by atoms with Crippen LogP contribution in [-0.2, 0) is 24.3 Å². The fraction of sp³-hybridized carbons (Fsp3) is 0.412. The summed E-state index contributed by atoms with van der Waals surface area (Å²) < 4.78 is 15.3. The van der Waals surface area contributed by atoms with Crippen molar-refractivity contribution in [2.75, 3.05) is 0 Å². The standard InChI is InChI=1S/C17H20N2O4S/c1-3-9-18-14(20)13(12-7-5-4-6-8-12)15-19(17(18)22)10-11(2)16(21)24(15)23/h4-8,11,16,21H,3,9-10H2,1-2H3. The van der Waals surface area contributed by atoms with Gasteiger partial charge < -0.3 is 9.66 Å². The molecule has 0 spiro atoms. The van der Waals surface area contributed by atoms with Crippen LogP contribution in [0.25, 0.3) is 11.1 Å². The molecule has 0 saturated carbocycles. The van der Waals surface area contributed by atoms with Gasteiger partial charge in [-0.2, -0.15) is 0 Å². The smallest absolute Gasteiger partial charge is 0.334 e. The lowest BCUT2D eigenvalue weighted by Crippen LogP contribution is -2.49. The lowest BCUT2D eigenvalue weighted by atomic mass is 10.1. The minimum absolute atomic E-state index is 0.133. The summed E-state index contributed by atoms with van der Waals surface area (Å²) in [7, 11) is 0. The van der Waals surface area contributed by atoms with Crippen molar-refractivity contribution in [2.24, 2.45) is 5.92 Å². The summed E-state index contributed by atoms with van der Waals surface area (Å²) in [6, 6.07) is 8.89. The van der Waals surface area contributed by atoms with Crippen LogP contribution in [0.15, 0.2) is 44.9 Å². The van der Waals surface area contributed by atoms with E-state index in [1.54, 1.807) is 31.2 Å². The van der Waals surface area contributed by atoms with Gasteiger partial charge in [-0.15, -0.1) is 0 Å². The highest BCUT2D eigenvalue weighted by molar-refractivity contribution is 7.92. The maximum Gasteiger partial charge on any atom is 0.334 e. The van der Waals surface area contributed by atoms with E-state index in [1.165, 1.54) is 9.13 Å². The van der Waals surface area contributed by atoms with Gasteiger partial charge in [-0.1, -0.05) is 44.2 Å². The first-order valence-electron chi connectivity index (χ1n) is 7.99. The SMILES string of the molecule is CCCn1c(=O)c(-c2ccccc2)c2n(c1=O)CC(C)C(O)[S+]2[O-]. The summed E-state index contributed by atoms with van der Waals surface area (Å²) in [5.74, 6) is -0.327. The van der Waals surface area contributed by atoms with Crippen LogP contribution in [0.4, 0.5) is 0 Å². The summed E-state index contributed by atoms with van der Waals surface area (Å²) in [6.07, 6.45) is 0.643. The van der Waals surface area contributed by atoms with Crippen LogP contribution < -0.4 is 11.2 Å². The van der Waals surface area contributed by atoms with Crippen molar-refractivity contribution >= 4 is 11.2 Å². The third-order valence-electron chi connectivity index (χ3n) is 4.26. The second-order valence-electron chi connectivity index (χ2n) is 6.06. The molecule has 1 aromatic carbocycles. The Morgan fingerprint density at radius 2 is 1.96 bits per heavy atom. The Morgan fingerprint density at radius 1 is 1.29 bits per heavy atom. The van der Waals surface area contributed by atoms with Crippen molar-refractivity contribution in [1.82, 2.24) is 9.13 Å². The van der Waals surface area contributed by atoms with Gasteiger partial charge in [0, 0.05) is 30.2 Å². The van der Waals surface area contributed by atoms with Gasteiger partial charge in [0.05, 0.1) is 0 Å². The number of hydrogen-bond donors (Lipinski definition) is 1. The molecule has 0 saturated heterocycles. The van der Waals surface area contributed by atoms with Gasteiger partial charge in [-0.25, -0.2) is 4.79 Å². The molecule has 2 aromatic rings. The van der Waals surface area contributed by atoms with E-state index in [0.29, 0.717) is 18.5 Å². The highest BCUT2D eigenvalue weighted by Gasteiger charge is 2.41. The van der Waals surface area contributed by atoms with E-state index in [9.17, 15) is 19.2 Å². The summed E-state index contributed by atoms with van der Waals surface area (Å²) in [5, 5.41) is 10.3. The first kappa shape index (κ1) is 17.0.